The fourth-order valence-corrected chi connectivity index (χ4v) is 2.62. The molecule has 1 fully saturated rings. The molecule has 1 aliphatic heterocycles. The molecule has 7 heteroatoms. The van der Waals surface area contributed by atoms with E-state index in [1.807, 2.05) is 6.92 Å². The minimum atomic E-state index is -3.07. The second-order valence-electron chi connectivity index (χ2n) is 4.90. The van der Waals surface area contributed by atoms with Crippen molar-refractivity contribution in [3.63, 3.8) is 0 Å². The maximum Gasteiger partial charge on any atom is 0.246 e. The highest BCUT2D eigenvalue weighted by atomic mass is 32.2. The van der Waals surface area contributed by atoms with Gasteiger partial charge in [-0.25, -0.2) is 8.42 Å². The van der Waals surface area contributed by atoms with Crippen molar-refractivity contribution in [2.75, 3.05) is 31.7 Å². The van der Waals surface area contributed by atoms with Crippen molar-refractivity contribution in [1.29, 1.82) is 0 Å². The van der Waals surface area contributed by atoms with Crippen LogP contribution in [0.1, 0.15) is 13.8 Å². The van der Waals surface area contributed by atoms with E-state index in [1.165, 1.54) is 0 Å². The van der Waals surface area contributed by atoms with Crippen LogP contribution < -0.4 is 10.6 Å². The van der Waals surface area contributed by atoms with Crippen LogP contribution in [-0.4, -0.2) is 57.7 Å². The van der Waals surface area contributed by atoms with Crippen LogP contribution in [0.5, 0.6) is 0 Å². The first kappa shape index (κ1) is 14.4. The molecule has 0 aromatic rings. The maximum absolute atomic E-state index is 11.5. The van der Waals surface area contributed by atoms with E-state index < -0.39 is 15.9 Å². The summed E-state index contributed by atoms with van der Waals surface area (Å²) in [7, 11) is -3.07. The van der Waals surface area contributed by atoms with Crippen molar-refractivity contribution in [3.05, 3.63) is 0 Å². The van der Waals surface area contributed by atoms with E-state index in [4.69, 9.17) is 4.74 Å². The molecule has 1 atom stereocenters. The Labute approximate surface area is 102 Å². The fourth-order valence-electron chi connectivity index (χ4n) is 1.63. The number of carbonyl (C=O) groups excluding carboxylic acids is 1. The highest BCUT2D eigenvalue weighted by Crippen LogP contribution is 2.14. The van der Waals surface area contributed by atoms with Gasteiger partial charge in [0.1, 0.15) is 16.4 Å². The third-order valence-corrected chi connectivity index (χ3v) is 3.62. The van der Waals surface area contributed by atoms with Gasteiger partial charge in [-0.2, -0.15) is 0 Å². The van der Waals surface area contributed by atoms with E-state index in [0.29, 0.717) is 0 Å². The molecule has 0 aromatic heterocycles. The second kappa shape index (κ2) is 5.32. The Morgan fingerprint density at radius 1 is 1.53 bits per heavy atom. The molecule has 1 aliphatic rings. The lowest BCUT2D eigenvalue weighted by Crippen LogP contribution is -2.59. The Hall–Kier alpha value is -0.660. The predicted molar refractivity (Wildman–Crippen MR) is 64.5 cm³/mol. The van der Waals surface area contributed by atoms with Crippen LogP contribution in [0.25, 0.3) is 0 Å². The van der Waals surface area contributed by atoms with Crippen molar-refractivity contribution < 1.29 is 17.9 Å². The van der Waals surface area contributed by atoms with Gasteiger partial charge in [0.25, 0.3) is 0 Å². The van der Waals surface area contributed by atoms with Crippen molar-refractivity contribution >= 4 is 15.7 Å². The van der Waals surface area contributed by atoms with Crippen LogP contribution in [-0.2, 0) is 19.4 Å². The van der Waals surface area contributed by atoms with Crippen LogP contribution in [0.15, 0.2) is 0 Å². The number of nitrogens with one attached hydrogen (secondary N) is 2. The van der Waals surface area contributed by atoms with Crippen LogP contribution >= 0.6 is 0 Å². The number of hydrogen-bond donors (Lipinski definition) is 2. The van der Waals surface area contributed by atoms with Gasteiger partial charge in [-0.1, -0.05) is 0 Å². The monoisotopic (exact) mass is 264 g/mol. The largest absolute Gasteiger partial charge is 0.363 e. The Kier molecular flexibility index (Phi) is 4.51. The zero-order chi connectivity index (χ0) is 13.1. The third-order valence-electron chi connectivity index (χ3n) is 2.51. The van der Waals surface area contributed by atoms with E-state index in [9.17, 15) is 13.2 Å². The average molecular weight is 264 g/mol. The van der Waals surface area contributed by atoms with E-state index in [1.54, 1.807) is 6.92 Å². The SMILES string of the molecule is CC(CS(C)(=O)=O)NC(=O)COC1(C)CNC1. The summed E-state index contributed by atoms with van der Waals surface area (Å²) in [5.41, 5.74) is -0.266. The summed E-state index contributed by atoms with van der Waals surface area (Å²) >= 11 is 0. The highest BCUT2D eigenvalue weighted by Gasteiger charge is 2.33. The van der Waals surface area contributed by atoms with Gasteiger partial charge in [0.15, 0.2) is 0 Å². The van der Waals surface area contributed by atoms with Gasteiger partial charge in [-0.15, -0.1) is 0 Å². The molecule has 0 bridgehead atoms. The lowest BCUT2D eigenvalue weighted by Gasteiger charge is -2.38. The fraction of sp³-hybridized carbons (Fsp3) is 0.900. The molecule has 0 radical (unpaired) electrons. The van der Waals surface area contributed by atoms with Crippen molar-refractivity contribution in [2.24, 2.45) is 0 Å². The Bertz CT molecular complexity index is 376. The first-order valence-electron chi connectivity index (χ1n) is 5.52. The van der Waals surface area contributed by atoms with E-state index in [-0.39, 0.29) is 23.9 Å². The van der Waals surface area contributed by atoms with E-state index >= 15 is 0 Å². The summed E-state index contributed by atoms with van der Waals surface area (Å²) in [6.07, 6.45) is 1.15. The standard InChI is InChI=1S/C10H20N2O4S/c1-8(5-17(3,14)15)12-9(13)4-16-10(2)6-11-7-10/h8,11H,4-7H2,1-3H3,(H,12,13). The minimum absolute atomic E-state index is 0.0354. The molecule has 1 unspecified atom stereocenters. The Morgan fingerprint density at radius 3 is 2.53 bits per heavy atom. The topological polar surface area (TPSA) is 84.5 Å². The van der Waals surface area contributed by atoms with Gasteiger partial charge in [-0.05, 0) is 13.8 Å². The van der Waals surface area contributed by atoms with E-state index in [0.717, 1.165) is 19.3 Å². The lowest BCUT2D eigenvalue weighted by molar-refractivity contribution is -0.136. The second-order valence-corrected chi connectivity index (χ2v) is 7.09. The lowest BCUT2D eigenvalue weighted by atomic mass is 10.0. The Balaban J connectivity index is 2.24. The van der Waals surface area contributed by atoms with Gasteiger partial charge in [0.05, 0.1) is 11.4 Å². The number of hydrogen-bond acceptors (Lipinski definition) is 5. The molecule has 17 heavy (non-hydrogen) atoms. The van der Waals surface area contributed by atoms with Gasteiger partial charge < -0.3 is 15.4 Å². The van der Waals surface area contributed by atoms with Crippen molar-refractivity contribution in [3.8, 4) is 0 Å². The minimum Gasteiger partial charge on any atom is -0.363 e. The zero-order valence-corrected chi connectivity index (χ0v) is 11.3. The molecular formula is C10H20N2O4S. The summed E-state index contributed by atoms with van der Waals surface area (Å²) in [6, 6.07) is -0.395. The Morgan fingerprint density at radius 2 is 2.12 bits per heavy atom. The zero-order valence-electron chi connectivity index (χ0n) is 10.4. The molecule has 0 spiro atoms. The van der Waals surface area contributed by atoms with Gasteiger partial charge in [0.2, 0.25) is 5.91 Å². The van der Waals surface area contributed by atoms with Gasteiger partial charge in [0, 0.05) is 25.4 Å². The molecular weight excluding hydrogens is 244 g/mol. The predicted octanol–water partition coefficient (Wildman–Crippen LogP) is -1.09. The third kappa shape index (κ3) is 5.47. The number of rotatable bonds is 6. The maximum atomic E-state index is 11.5. The van der Waals surface area contributed by atoms with Crippen LogP contribution in [0, 0.1) is 0 Å². The summed E-state index contributed by atoms with van der Waals surface area (Å²) in [6.45, 7) is 5.02. The molecule has 100 valence electrons. The smallest absolute Gasteiger partial charge is 0.246 e. The molecule has 0 saturated carbocycles. The van der Waals surface area contributed by atoms with Crippen molar-refractivity contribution in [1.82, 2.24) is 10.6 Å². The molecule has 1 amide bonds. The first-order chi connectivity index (χ1) is 7.70. The molecule has 0 aliphatic carbocycles. The summed E-state index contributed by atoms with van der Waals surface area (Å²) in [5.74, 6) is -0.341. The van der Waals surface area contributed by atoms with Crippen molar-refractivity contribution in [2.45, 2.75) is 25.5 Å². The summed E-state index contributed by atoms with van der Waals surface area (Å²) < 4.78 is 27.4. The number of ether oxygens (including phenoxy) is 1. The molecule has 0 aromatic carbocycles. The first-order valence-corrected chi connectivity index (χ1v) is 7.58. The summed E-state index contributed by atoms with van der Waals surface area (Å²) in [5, 5.41) is 5.65. The average Bonchev–Trinajstić information content (AvgIpc) is 2.08. The highest BCUT2D eigenvalue weighted by molar-refractivity contribution is 7.90. The van der Waals surface area contributed by atoms with Crippen LogP contribution in [0.2, 0.25) is 0 Å². The number of carbonyl (C=O) groups is 1. The van der Waals surface area contributed by atoms with Gasteiger partial charge in [-0.3, -0.25) is 4.79 Å². The molecule has 1 saturated heterocycles. The molecule has 1 heterocycles. The molecule has 6 nitrogen and oxygen atoms in total. The molecule has 2 N–H and O–H groups in total. The van der Waals surface area contributed by atoms with Gasteiger partial charge >= 0.3 is 0 Å². The number of sulfone groups is 1. The van der Waals surface area contributed by atoms with E-state index in [2.05, 4.69) is 10.6 Å². The quantitative estimate of drug-likeness (QED) is 0.637. The summed E-state index contributed by atoms with van der Waals surface area (Å²) in [4.78, 5) is 11.5. The normalized spacial score (nSPS) is 20.4. The number of amides is 1. The van der Waals surface area contributed by atoms with Crippen LogP contribution in [0.3, 0.4) is 0 Å². The molecule has 1 rings (SSSR count). The van der Waals surface area contributed by atoms with Crippen LogP contribution in [0.4, 0.5) is 0 Å².